The van der Waals surface area contributed by atoms with Gasteiger partial charge in [-0.15, -0.1) is 0 Å². The van der Waals surface area contributed by atoms with Crippen molar-refractivity contribution in [3.8, 4) is 5.75 Å². The molecule has 1 atom stereocenters. The standard InChI is InChI=1S/C12H16FNO3/c1-8(6-11(15)17-2)14-7-9-4-3-5-10(13)12(9)16/h3-5,8,14,16H,6-7H2,1-2H3. The first-order valence-electron chi connectivity index (χ1n) is 5.31. The number of esters is 1. The zero-order valence-corrected chi connectivity index (χ0v) is 9.87. The van der Waals surface area contributed by atoms with Gasteiger partial charge in [-0.2, -0.15) is 0 Å². The predicted molar refractivity (Wildman–Crippen MR) is 61.0 cm³/mol. The molecule has 0 aliphatic heterocycles. The van der Waals surface area contributed by atoms with Crippen molar-refractivity contribution in [3.05, 3.63) is 29.6 Å². The first-order chi connectivity index (χ1) is 8.04. The van der Waals surface area contributed by atoms with E-state index in [1.807, 2.05) is 6.92 Å². The van der Waals surface area contributed by atoms with Gasteiger partial charge >= 0.3 is 5.97 Å². The maximum atomic E-state index is 13.0. The lowest BCUT2D eigenvalue weighted by molar-refractivity contribution is -0.141. The number of halogens is 1. The summed E-state index contributed by atoms with van der Waals surface area (Å²) < 4.78 is 17.5. The Bertz CT molecular complexity index is 395. The molecule has 0 fully saturated rings. The van der Waals surface area contributed by atoms with Gasteiger partial charge < -0.3 is 15.2 Å². The van der Waals surface area contributed by atoms with E-state index in [2.05, 4.69) is 10.1 Å². The maximum absolute atomic E-state index is 13.0. The van der Waals surface area contributed by atoms with Crippen molar-refractivity contribution >= 4 is 5.97 Å². The molecule has 0 aliphatic carbocycles. The molecule has 1 aromatic rings. The van der Waals surface area contributed by atoms with E-state index in [0.717, 1.165) is 0 Å². The predicted octanol–water partition coefficient (Wildman–Crippen LogP) is 1.57. The van der Waals surface area contributed by atoms with Crippen LogP contribution in [0.2, 0.25) is 0 Å². The minimum atomic E-state index is -0.648. The molecule has 1 rings (SSSR count). The van der Waals surface area contributed by atoms with Gasteiger partial charge in [-0.3, -0.25) is 4.79 Å². The summed E-state index contributed by atoms with van der Waals surface area (Å²) in [5.74, 6) is -1.32. The van der Waals surface area contributed by atoms with Crippen molar-refractivity contribution in [3.63, 3.8) is 0 Å². The van der Waals surface area contributed by atoms with Crippen LogP contribution in [0.5, 0.6) is 5.75 Å². The monoisotopic (exact) mass is 241 g/mol. The Balaban J connectivity index is 2.50. The summed E-state index contributed by atoms with van der Waals surface area (Å²) in [5, 5.41) is 12.4. The normalized spacial score (nSPS) is 12.2. The number of carbonyl (C=O) groups is 1. The van der Waals surface area contributed by atoms with Crippen LogP contribution in [-0.4, -0.2) is 24.2 Å². The molecule has 2 N–H and O–H groups in total. The Kier molecular flexibility index (Phi) is 4.90. The summed E-state index contributed by atoms with van der Waals surface area (Å²) in [5.41, 5.74) is 0.460. The van der Waals surface area contributed by atoms with E-state index in [0.29, 0.717) is 12.1 Å². The number of hydrogen-bond acceptors (Lipinski definition) is 4. The van der Waals surface area contributed by atoms with Gasteiger partial charge in [0, 0.05) is 18.2 Å². The van der Waals surface area contributed by atoms with Crippen molar-refractivity contribution < 1.29 is 19.0 Å². The number of phenolic OH excluding ortho intramolecular Hbond substituents is 1. The molecule has 5 heteroatoms. The largest absolute Gasteiger partial charge is 0.505 e. The smallest absolute Gasteiger partial charge is 0.307 e. The number of rotatable bonds is 5. The summed E-state index contributed by atoms with van der Waals surface area (Å²) in [7, 11) is 1.33. The van der Waals surface area contributed by atoms with Crippen LogP contribution in [-0.2, 0) is 16.1 Å². The molecule has 0 aromatic heterocycles. The highest BCUT2D eigenvalue weighted by Gasteiger charge is 2.10. The Morgan fingerprint density at radius 1 is 1.59 bits per heavy atom. The molecule has 0 spiro atoms. The van der Waals surface area contributed by atoms with Crippen LogP contribution in [0.3, 0.4) is 0 Å². The molecule has 0 bridgehead atoms. The van der Waals surface area contributed by atoms with E-state index < -0.39 is 5.82 Å². The summed E-state index contributed by atoms with van der Waals surface area (Å²) >= 11 is 0. The van der Waals surface area contributed by atoms with E-state index in [1.54, 1.807) is 6.07 Å². The lowest BCUT2D eigenvalue weighted by atomic mass is 10.1. The molecule has 0 amide bonds. The van der Waals surface area contributed by atoms with Crippen molar-refractivity contribution in [1.29, 1.82) is 0 Å². The molecule has 17 heavy (non-hydrogen) atoms. The van der Waals surface area contributed by atoms with Gasteiger partial charge in [0.15, 0.2) is 11.6 Å². The topological polar surface area (TPSA) is 58.6 Å². The fourth-order valence-corrected chi connectivity index (χ4v) is 1.39. The van der Waals surface area contributed by atoms with Gasteiger partial charge in [0.1, 0.15) is 0 Å². The third-order valence-corrected chi connectivity index (χ3v) is 2.41. The summed E-state index contributed by atoms with van der Waals surface area (Å²) in [4.78, 5) is 11.0. The van der Waals surface area contributed by atoms with Crippen LogP contribution in [0.1, 0.15) is 18.9 Å². The Labute approximate surface area is 99.4 Å². The molecular formula is C12H16FNO3. The Morgan fingerprint density at radius 2 is 2.29 bits per heavy atom. The summed E-state index contributed by atoms with van der Waals surface area (Å²) in [6.45, 7) is 2.11. The van der Waals surface area contributed by atoms with Crippen LogP contribution in [0, 0.1) is 5.82 Å². The first-order valence-corrected chi connectivity index (χ1v) is 5.31. The first kappa shape index (κ1) is 13.4. The zero-order valence-electron chi connectivity index (χ0n) is 9.87. The zero-order chi connectivity index (χ0) is 12.8. The molecule has 94 valence electrons. The second-order valence-electron chi connectivity index (χ2n) is 3.81. The molecule has 0 aliphatic rings. The van der Waals surface area contributed by atoms with Gasteiger partial charge in [-0.05, 0) is 13.0 Å². The molecule has 0 heterocycles. The van der Waals surface area contributed by atoms with E-state index in [-0.39, 0.29) is 24.2 Å². The fourth-order valence-electron chi connectivity index (χ4n) is 1.39. The maximum Gasteiger partial charge on any atom is 0.307 e. The van der Waals surface area contributed by atoms with Gasteiger partial charge in [0.2, 0.25) is 0 Å². The third-order valence-electron chi connectivity index (χ3n) is 2.41. The molecular weight excluding hydrogens is 225 g/mol. The molecule has 1 unspecified atom stereocenters. The number of phenols is 1. The number of aromatic hydroxyl groups is 1. The number of para-hydroxylation sites is 1. The number of ether oxygens (including phenoxy) is 1. The lowest BCUT2D eigenvalue weighted by Crippen LogP contribution is -2.28. The van der Waals surface area contributed by atoms with Gasteiger partial charge in [-0.1, -0.05) is 12.1 Å². The van der Waals surface area contributed by atoms with E-state index in [9.17, 15) is 14.3 Å². The highest BCUT2D eigenvalue weighted by atomic mass is 19.1. The average molecular weight is 241 g/mol. The number of hydrogen-bond donors (Lipinski definition) is 2. The Hall–Kier alpha value is -1.62. The summed E-state index contributed by atoms with van der Waals surface area (Å²) in [6, 6.07) is 4.23. The van der Waals surface area contributed by atoms with Gasteiger partial charge in [0.25, 0.3) is 0 Å². The Morgan fingerprint density at radius 3 is 2.94 bits per heavy atom. The van der Waals surface area contributed by atoms with E-state index in [4.69, 9.17) is 0 Å². The lowest BCUT2D eigenvalue weighted by Gasteiger charge is -2.13. The number of benzene rings is 1. The highest BCUT2D eigenvalue weighted by molar-refractivity contribution is 5.69. The van der Waals surface area contributed by atoms with Crippen molar-refractivity contribution in [1.82, 2.24) is 5.32 Å². The minimum Gasteiger partial charge on any atom is -0.505 e. The molecule has 0 radical (unpaired) electrons. The third kappa shape index (κ3) is 4.03. The van der Waals surface area contributed by atoms with E-state index in [1.165, 1.54) is 19.2 Å². The fraction of sp³-hybridized carbons (Fsp3) is 0.417. The van der Waals surface area contributed by atoms with Crippen LogP contribution in [0.25, 0.3) is 0 Å². The molecule has 0 saturated carbocycles. The van der Waals surface area contributed by atoms with Crippen molar-refractivity contribution in [2.24, 2.45) is 0 Å². The molecule has 0 saturated heterocycles. The van der Waals surface area contributed by atoms with Crippen LogP contribution in [0.15, 0.2) is 18.2 Å². The average Bonchev–Trinajstić information content (AvgIpc) is 2.31. The van der Waals surface area contributed by atoms with Crippen LogP contribution >= 0.6 is 0 Å². The minimum absolute atomic E-state index is 0.106. The second kappa shape index (κ2) is 6.20. The number of methoxy groups -OCH3 is 1. The quantitative estimate of drug-likeness (QED) is 0.768. The number of nitrogens with one attached hydrogen (secondary N) is 1. The van der Waals surface area contributed by atoms with Crippen LogP contribution < -0.4 is 5.32 Å². The van der Waals surface area contributed by atoms with Crippen LogP contribution in [0.4, 0.5) is 4.39 Å². The summed E-state index contributed by atoms with van der Waals surface area (Å²) in [6.07, 6.45) is 0.229. The SMILES string of the molecule is COC(=O)CC(C)NCc1cccc(F)c1O. The second-order valence-corrected chi connectivity index (χ2v) is 3.81. The highest BCUT2D eigenvalue weighted by Crippen LogP contribution is 2.20. The van der Waals surface area contributed by atoms with Crippen molar-refractivity contribution in [2.45, 2.75) is 25.9 Å². The number of carbonyl (C=O) groups excluding carboxylic acids is 1. The molecule has 4 nitrogen and oxygen atoms in total. The van der Waals surface area contributed by atoms with Gasteiger partial charge in [0.05, 0.1) is 13.5 Å². The van der Waals surface area contributed by atoms with Crippen molar-refractivity contribution in [2.75, 3.05) is 7.11 Å². The molecule has 1 aromatic carbocycles. The van der Waals surface area contributed by atoms with E-state index >= 15 is 0 Å². The van der Waals surface area contributed by atoms with Gasteiger partial charge in [-0.25, -0.2) is 4.39 Å².